The van der Waals surface area contributed by atoms with Crippen molar-refractivity contribution in [2.75, 3.05) is 7.11 Å². The van der Waals surface area contributed by atoms with Crippen molar-refractivity contribution in [1.82, 2.24) is 4.72 Å². The number of nitrogens with one attached hydrogen (secondary N) is 1. The second kappa shape index (κ2) is 6.82. The maximum atomic E-state index is 12.1. The quantitative estimate of drug-likeness (QED) is 0.719. The van der Waals surface area contributed by atoms with E-state index in [4.69, 9.17) is 5.11 Å². The summed E-state index contributed by atoms with van der Waals surface area (Å²) in [6, 6.07) is 4.33. The summed E-state index contributed by atoms with van der Waals surface area (Å²) in [7, 11) is -2.99. The van der Waals surface area contributed by atoms with Gasteiger partial charge >= 0.3 is 11.9 Å². The maximum Gasteiger partial charge on any atom is 0.322 e. The van der Waals surface area contributed by atoms with Crippen molar-refractivity contribution >= 4 is 37.9 Å². The van der Waals surface area contributed by atoms with Gasteiger partial charge in [-0.25, -0.2) is 8.42 Å². The lowest BCUT2D eigenvalue weighted by molar-refractivity contribution is -0.147. The summed E-state index contributed by atoms with van der Waals surface area (Å²) in [4.78, 5) is 22.0. The number of ether oxygens (including phenoxy) is 1. The molecule has 0 aliphatic rings. The van der Waals surface area contributed by atoms with Gasteiger partial charge in [0.25, 0.3) is 0 Å². The highest BCUT2D eigenvalue weighted by molar-refractivity contribution is 9.10. The van der Waals surface area contributed by atoms with Crippen LogP contribution in [0.25, 0.3) is 0 Å². The molecule has 110 valence electrons. The van der Waals surface area contributed by atoms with Crippen LogP contribution in [-0.2, 0) is 24.3 Å². The Morgan fingerprint density at radius 1 is 1.40 bits per heavy atom. The van der Waals surface area contributed by atoms with Gasteiger partial charge in [-0.3, -0.25) is 9.59 Å². The summed E-state index contributed by atoms with van der Waals surface area (Å²) < 4.78 is 30.7. The largest absolute Gasteiger partial charge is 0.480 e. The Bertz CT molecular complexity index is 615. The second-order valence-corrected chi connectivity index (χ2v) is 6.26. The van der Waals surface area contributed by atoms with Crippen LogP contribution in [0.1, 0.15) is 6.42 Å². The highest BCUT2D eigenvalue weighted by Crippen LogP contribution is 2.21. The Morgan fingerprint density at radius 2 is 2.00 bits per heavy atom. The number of halogens is 1. The normalized spacial score (nSPS) is 12.7. The standard InChI is InChI=1S/C11H12BrNO6S/c1-19-10(14)6-8(11(15)16)13-20(17,18)9-5-3-2-4-7(9)12/h2-5,8,13H,6H2,1H3,(H,15,16)/t8-/m0/s1. The number of methoxy groups -OCH3 is 1. The summed E-state index contributed by atoms with van der Waals surface area (Å²) in [5.41, 5.74) is 0. The zero-order valence-corrected chi connectivity index (χ0v) is 12.8. The maximum absolute atomic E-state index is 12.1. The summed E-state index contributed by atoms with van der Waals surface area (Å²) in [6.45, 7) is 0. The number of esters is 1. The van der Waals surface area contributed by atoms with Crippen molar-refractivity contribution in [2.24, 2.45) is 0 Å². The number of hydrogen-bond acceptors (Lipinski definition) is 5. The molecule has 1 aromatic rings. The first-order valence-electron chi connectivity index (χ1n) is 5.34. The first kappa shape index (κ1) is 16.6. The van der Waals surface area contributed by atoms with Crippen LogP contribution in [0.5, 0.6) is 0 Å². The molecule has 9 heteroatoms. The molecule has 0 amide bonds. The van der Waals surface area contributed by atoms with E-state index in [2.05, 4.69) is 20.7 Å². The number of carbonyl (C=O) groups is 2. The number of hydrogen-bond donors (Lipinski definition) is 2. The van der Waals surface area contributed by atoms with Crippen molar-refractivity contribution < 1.29 is 27.9 Å². The molecule has 0 spiro atoms. The van der Waals surface area contributed by atoms with E-state index in [1.807, 2.05) is 4.72 Å². The Balaban J connectivity index is 3.01. The average Bonchev–Trinajstić information content (AvgIpc) is 2.37. The van der Waals surface area contributed by atoms with Crippen molar-refractivity contribution in [1.29, 1.82) is 0 Å². The zero-order chi connectivity index (χ0) is 15.3. The van der Waals surface area contributed by atoms with Crippen LogP contribution in [0.15, 0.2) is 33.6 Å². The summed E-state index contributed by atoms with van der Waals surface area (Å²) in [5.74, 6) is -2.29. The fourth-order valence-corrected chi connectivity index (χ4v) is 3.54. The molecule has 0 saturated heterocycles. The molecule has 0 fully saturated rings. The lowest BCUT2D eigenvalue weighted by atomic mass is 10.2. The minimum Gasteiger partial charge on any atom is -0.480 e. The van der Waals surface area contributed by atoms with Gasteiger partial charge in [-0.2, -0.15) is 4.72 Å². The summed E-state index contributed by atoms with van der Waals surface area (Å²) >= 11 is 3.07. The number of sulfonamides is 1. The Labute approximate surface area is 124 Å². The monoisotopic (exact) mass is 365 g/mol. The van der Waals surface area contributed by atoms with E-state index >= 15 is 0 Å². The molecule has 0 aliphatic heterocycles. The first-order chi connectivity index (χ1) is 9.27. The molecule has 0 saturated carbocycles. The van der Waals surface area contributed by atoms with Crippen molar-refractivity contribution in [3.05, 3.63) is 28.7 Å². The van der Waals surface area contributed by atoms with Gasteiger partial charge in [0, 0.05) is 4.47 Å². The van der Waals surface area contributed by atoms with Crippen LogP contribution in [0.4, 0.5) is 0 Å². The molecule has 7 nitrogen and oxygen atoms in total. The minimum atomic E-state index is -4.07. The van der Waals surface area contributed by atoms with E-state index < -0.39 is 34.4 Å². The molecule has 1 rings (SSSR count). The molecule has 0 aliphatic carbocycles. The van der Waals surface area contributed by atoms with Crippen molar-refractivity contribution in [3.8, 4) is 0 Å². The van der Waals surface area contributed by atoms with Crippen LogP contribution in [0, 0.1) is 0 Å². The highest BCUT2D eigenvalue weighted by atomic mass is 79.9. The molecule has 2 N–H and O–H groups in total. The SMILES string of the molecule is COC(=O)C[C@H](NS(=O)(=O)c1ccccc1Br)C(=O)O. The van der Waals surface area contributed by atoms with Crippen LogP contribution >= 0.6 is 15.9 Å². The summed E-state index contributed by atoms with van der Waals surface area (Å²) in [5, 5.41) is 8.95. The number of carboxylic acid groups (broad SMARTS) is 1. The zero-order valence-electron chi connectivity index (χ0n) is 10.4. The first-order valence-corrected chi connectivity index (χ1v) is 7.62. The molecule has 1 aromatic carbocycles. The third kappa shape index (κ3) is 4.29. The molecular weight excluding hydrogens is 354 g/mol. The number of aliphatic carboxylic acids is 1. The van der Waals surface area contributed by atoms with Gasteiger partial charge in [0.05, 0.1) is 18.4 Å². The number of carboxylic acids is 1. The van der Waals surface area contributed by atoms with Gasteiger partial charge in [-0.05, 0) is 28.1 Å². The van der Waals surface area contributed by atoms with E-state index in [9.17, 15) is 18.0 Å². The average molecular weight is 366 g/mol. The number of benzene rings is 1. The van der Waals surface area contributed by atoms with Gasteiger partial charge in [0.1, 0.15) is 6.04 Å². The van der Waals surface area contributed by atoms with Gasteiger partial charge in [-0.15, -0.1) is 0 Å². The Hall–Kier alpha value is -1.45. The van der Waals surface area contributed by atoms with Crippen molar-refractivity contribution in [3.63, 3.8) is 0 Å². The van der Waals surface area contributed by atoms with Gasteiger partial charge < -0.3 is 9.84 Å². The molecule has 0 aromatic heterocycles. The number of carbonyl (C=O) groups excluding carboxylic acids is 1. The van der Waals surface area contributed by atoms with E-state index in [-0.39, 0.29) is 9.37 Å². The molecule has 0 unspecified atom stereocenters. The van der Waals surface area contributed by atoms with E-state index in [0.717, 1.165) is 7.11 Å². The van der Waals surface area contributed by atoms with Crippen molar-refractivity contribution in [2.45, 2.75) is 17.4 Å². The van der Waals surface area contributed by atoms with Crippen LogP contribution < -0.4 is 4.72 Å². The number of rotatable bonds is 6. The summed E-state index contributed by atoms with van der Waals surface area (Å²) in [6.07, 6.45) is -0.602. The molecular formula is C11H12BrNO6S. The molecule has 1 atom stereocenters. The molecule has 0 radical (unpaired) electrons. The van der Waals surface area contributed by atoms with Gasteiger partial charge in [0.15, 0.2) is 0 Å². The predicted octanol–water partition coefficient (Wildman–Crippen LogP) is 0.744. The van der Waals surface area contributed by atoms with E-state index in [1.54, 1.807) is 6.07 Å². The van der Waals surface area contributed by atoms with Gasteiger partial charge in [0.2, 0.25) is 10.0 Å². The van der Waals surface area contributed by atoms with Crippen LogP contribution in [-0.4, -0.2) is 38.6 Å². The molecule has 0 bridgehead atoms. The third-order valence-electron chi connectivity index (χ3n) is 2.32. The minimum absolute atomic E-state index is 0.115. The lowest BCUT2D eigenvalue weighted by Crippen LogP contribution is -2.42. The fraction of sp³-hybridized carbons (Fsp3) is 0.273. The van der Waals surface area contributed by atoms with Gasteiger partial charge in [-0.1, -0.05) is 12.1 Å². The van der Waals surface area contributed by atoms with Crippen LogP contribution in [0.3, 0.4) is 0 Å². The fourth-order valence-electron chi connectivity index (χ4n) is 1.34. The topological polar surface area (TPSA) is 110 Å². The molecule has 0 heterocycles. The highest BCUT2D eigenvalue weighted by Gasteiger charge is 2.28. The second-order valence-electron chi connectivity index (χ2n) is 3.72. The van der Waals surface area contributed by atoms with E-state index in [0.29, 0.717) is 0 Å². The van der Waals surface area contributed by atoms with Crippen LogP contribution in [0.2, 0.25) is 0 Å². The Kier molecular flexibility index (Phi) is 5.66. The Morgan fingerprint density at radius 3 is 2.50 bits per heavy atom. The molecule has 20 heavy (non-hydrogen) atoms. The van der Waals surface area contributed by atoms with E-state index in [1.165, 1.54) is 18.2 Å². The third-order valence-corrected chi connectivity index (χ3v) is 4.80. The predicted molar refractivity (Wildman–Crippen MR) is 72.5 cm³/mol. The lowest BCUT2D eigenvalue weighted by Gasteiger charge is -2.14. The smallest absolute Gasteiger partial charge is 0.322 e.